The molecule has 3 atom stereocenters. The van der Waals surface area contributed by atoms with Gasteiger partial charge in [-0.25, -0.2) is 0 Å². The summed E-state index contributed by atoms with van der Waals surface area (Å²) in [5.41, 5.74) is 1.11. The van der Waals surface area contributed by atoms with Crippen LogP contribution in [0.1, 0.15) is 24.4 Å². The molecule has 0 aliphatic carbocycles. The van der Waals surface area contributed by atoms with E-state index in [-0.39, 0.29) is 24.8 Å². The number of hydrogen-bond acceptors (Lipinski definition) is 4. The number of aliphatic hydroxyl groups is 2. The lowest BCUT2D eigenvalue weighted by Gasteiger charge is -2.33. The molecule has 3 N–H and O–H groups in total. The second-order valence-electron chi connectivity index (χ2n) is 4.50. The summed E-state index contributed by atoms with van der Waals surface area (Å²) in [6.07, 6.45) is 0.951. The van der Waals surface area contributed by atoms with Gasteiger partial charge in [0.05, 0.1) is 19.8 Å². The van der Waals surface area contributed by atoms with Crippen molar-refractivity contribution in [3.8, 4) is 5.75 Å². The van der Waals surface area contributed by atoms with Gasteiger partial charge in [0, 0.05) is 12.1 Å². The Morgan fingerprint density at radius 1 is 1.29 bits per heavy atom. The molecule has 1 aliphatic rings. The monoisotopic (exact) mass is 237 g/mol. The van der Waals surface area contributed by atoms with Crippen LogP contribution in [0.15, 0.2) is 24.3 Å². The molecule has 1 aliphatic heterocycles. The smallest absolute Gasteiger partial charge is 0.118 e. The highest BCUT2D eigenvalue weighted by Gasteiger charge is 2.27. The van der Waals surface area contributed by atoms with Crippen LogP contribution in [0.3, 0.4) is 0 Å². The minimum Gasteiger partial charge on any atom is -0.497 e. The van der Waals surface area contributed by atoms with E-state index in [1.54, 1.807) is 7.11 Å². The van der Waals surface area contributed by atoms with Crippen LogP contribution < -0.4 is 10.1 Å². The van der Waals surface area contributed by atoms with E-state index in [4.69, 9.17) is 9.84 Å². The molecule has 1 saturated heterocycles. The molecule has 0 radical (unpaired) electrons. The zero-order chi connectivity index (χ0) is 12.3. The SMILES string of the molecule is COc1ccc([C@H]2C[C@@H](O)C[C@@H](CO)N2)cc1. The van der Waals surface area contributed by atoms with E-state index in [1.165, 1.54) is 0 Å². The zero-order valence-corrected chi connectivity index (χ0v) is 9.97. The fraction of sp³-hybridized carbons (Fsp3) is 0.538. The van der Waals surface area contributed by atoms with Crippen LogP contribution in [-0.4, -0.2) is 36.1 Å². The quantitative estimate of drug-likeness (QED) is 0.729. The predicted octanol–water partition coefficient (Wildman–Crippen LogP) is 0.841. The molecular weight excluding hydrogens is 218 g/mol. The van der Waals surface area contributed by atoms with Gasteiger partial charge >= 0.3 is 0 Å². The highest BCUT2D eigenvalue weighted by Crippen LogP contribution is 2.27. The molecule has 0 spiro atoms. The molecule has 1 heterocycles. The minimum atomic E-state index is -0.347. The molecule has 4 heteroatoms. The maximum Gasteiger partial charge on any atom is 0.118 e. The van der Waals surface area contributed by atoms with Crippen LogP contribution in [-0.2, 0) is 0 Å². The molecule has 0 bridgehead atoms. The van der Waals surface area contributed by atoms with Gasteiger partial charge in [-0.05, 0) is 30.5 Å². The van der Waals surface area contributed by atoms with Crippen LogP contribution >= 0.6 is 0 Å². The van der Waals surface area contributed by atoms with E-state index in [0.29, 0.717) is 12.8 Å². The van der Waals surface area contributed by atoms with E-state index < -0.39 is 0 Å². The number of rotatable bonds is 3. The Labute approximate surface area is 101 Å². The van der Waals surface area contributed by atoms with Gasteiger partial charge in [0.1, 0.15) is 5.75 Å². The standard InChI is InChI=1S/C13H19NO3/c1-17-12-4-2-9(3-5-12)13-7-11(16)6-10(8-15)14-13/h2-5,10-11,13-16H,6-8H2,1H3/t10-,11-,13+/m0/s1. The summed E-state index contributed by atoms with van der Waals surface area (Å²) in [7, 11) is 1.64. The Morgan fingerprint density at radius 2 is 2.00 bits per heavy atom. The highest BCUT2D eigenvalue weighted by molar-refractivity contribution is 5.29. The number of methoxy groups -OCH3 is 1. The van der Waals surface area contributed by atoms with Gasteiger partial charge in [0.2, 0.25) is 0 Å². The van der Waals surface area contributed by atoms with Crippen molar-refractivity contribution in [1.82, 2.24) is 5.32 Å². The van der Waals surface area contributed by atoms with Crippen LogP contribution in [0.5, 0.6) is 5.75 Å². The molecule has 2 rings (SSSR count). The number of ether oxygens (including phenoxy) is 1. The third-order valence-corrected chi connectivity index (χ3v) is 3.24. The Kier molecular flexibility index (Phi) is 3.99. The van der Waals surface area contributed by atoms with Crippen LogP contribution in [0.4, 0.5) is 0 Å². The summed E-state index contributed by atoms with van der Waals surface area (Å²) in [5.74, 6) is 0.823. The Morgan fingerprint density at radius 3 is 2.59 bits per heavy atom. The maximum atomic E-state index is 9.77. The topological polar surface area (TPSA) is 61.7 Å². The van der Waals surface area contributed by atoms with Gasteiger partial charge in [-0.15, -0.1) is 0 Å². The van der Waals surface area contributed by atoms with Crippen molar-refractivity contribution in [1.29, 1.82) is 0 Å². The molecule has 94 valence electrons. The van der Waals surface area contributed by atoms with Gasteiger partial charge in [0.25, 0.3) is 0 Å². The second kappa shape index (κ2) is 5.49. The highest BCUT2D eigenvalue weighted by atomic mass is 16.5. The Balaban J connectivity index is 2.09. The van der Waals surface area contributed by atoms with Gasteiger partial charge < -0.3 is 20.3 Å². The fourth-order valence-corrected chi connectivity index (χ4v) is 2.31. The molecular formula is C13H19NO3. The molecule has 1 aromatic rings. The van der Waals surface area contributed by atoms with Gasteiger partial charge in [0.15, 0.2) is 0 Å². The molecule has 0 saturated carbocycles. The first kappa shape index (κ1) is 12.4. The lowest BCUT2D eigenvalue weighted by atomic mass is 9.91. The van der Waals surface area contributed by atoms with Gasteiger partial charge in [-0.3, -0.25) is 0 Å². The van der Waals surface area contributed by atoms with E-state index in [0.717, 1.165) is 11.3 Å². The lowest BCUT2D eigenvalue weighted by molar-refractivity contribution is 0.0737. The van der Waals surface area contributed by atoms with Crippen molar-refractivity contribution in [3.63, 3.8) is 0 Å². The van der Waals surface area contributed by atoms with Crippen LogP contribution in [0.2, 0.25) is 0 Å². The number of benzene rings is 1. The number of piperidine rings is 1. The summed E-state index contributed by atoms with van der Waals surface area (Å²) < 4.78 is 5.11. The van der Waals surface area contributed by atoms with Gasteiger partial charge in [-0.2, -0.15) is 0 Å². The first-order valence-electron chi connectivity index (χ1n) is 5.92. The van der Waals surface area contributed by atoms with Crippen LogP contribution in [0.25, 0.3) is 0 Å². The van der Waals surface area contributed by atoms with E-state index in [2.05, 4.69) is 5.32 Å². The molecule has 0 amide bonds. The molecule has 1 aromatic carbocycles. The summed E-state index contributed by atoms with van der Waals surface area (Å²) in [6.45, 7) is 0.0592. The zero-order valence-electron chi connectivity index (χ0n) is 9.97. The first-order chi connectivity index (χ1) is 8.22. The fourth-order valence-electron chi connectivity index (χ4n) is 2.31. The van der Waals surface area contributed by atoms with Crippen molar-refractivity contribution in [2.75, 3.05) is 13.7 Å². The maximum absolute atomic E-state index is 9.77. The Bertz CT molecular complexity index is 352. The number of hydrogen-bond donors (Lipinski definition) is 3. The van der Waals surface area contributed by atoms with Crippen molar-refractivity contribution >= 4 is 0 Å². The number of nitrogens with one attached hydrogen (secondary N) is 1. The second-order valence-corrected chi connectivity index (χ2v) is 4.50. The van der Waals surface area contributed by atoms with Crippen molar-refractivity contribution in [3.05, 3.63) is 29.8 Å². The third kappa shape index (κ3) is 2.97. The first-order valence-corrected chi connectivity index (χ1v) is 5.92. The Hall–Kier alpha value is -1.10. The summed E-state index contributed by atoms with van der Waals surface area (Å²) in [4.78, 5) is 0. The molecule has 17 heavy (non-hydrogen) atoms. The molecule has 4 nitrogen and oxygen atoms in total. The van der Waals surface area contributed by atoms with Crippen molar-refractivity contribution in [2.45, 2.75) is 31.0 Å². The normalized spacial score (nSPS) is 29.0. The summed E-state index contributed by atoms with van der Waals surface area (Å²) in [5, 5.41) is 22.3. The molecule has 0 unspecified atom stereocenters. The van der Waals surface area contributed by atoms with Gasteiger partial charge in [-0.1, -0.05) is 12.1 Å². The average molecular weight is 237 g/mol. The predicted molar refractivity (Wildman–Crippen MR) is 65.0 cm³/mol. The largest absolute Gasteiger partial charge is 0.497 e. The van der Waals surface area contributed by atoms with E-state index in [9.17, 15) is 5.11 Å². The summed E-state index contributed by atoms with van der Waals surface area (Å²) in [6, 6.07) is 7.87. The van der Waals surface area contributed by atoms with Crippen molar-refractivity contribution in [2.24, 2.45) is 0 Å². The summed E-state index contributed by atoms with van der Waals surface area (Å²) >= 11 is 0. The molecule has 0 aromatic heterocycles. The van der Waals surface area contributed by atoms with E-state index in [1.807, 2.05) is 24.3 Å². The minimum absolute atomic E-state index is 0.0224. The average Bonchev–Trinajstić information content (AvgIpc) is 2.38. The molecule has 1 fully saturated rings. The lowest BCUT2D eigenvalue weighted by Crippen LogP contribution is -2.44. The van der Waals surface area contributed by atoms with Crippen molar-refractivity contribution < 1.29 is 14.9 Å². The van der Waals surface area contributed by atoms with E-state index >= 15 is 0 Å². The third-order valence-electron chi connectivity index (χ3n) is 3.24. The van der Waals surface area contributed by atoms with Crippen LogP contribution in [0, 0.1) is 0 Å². The number of aliphatic hydroxyl groups excluding tert-OH is 2.